The lowest BCUT2D eigenvalue weighted by Crippen LogP contribution is -2.45. The summed E-state index contributed by atoms with van der Waals surface area (Å²) in [6.45, 7) is 7.30. The number of esters is 1. The normalized spacial score (nSPS) is 19.2. The average Bonchev–Trinajstić information content (AvgIpc) is 3.03. The number of aryl methyl sites for hydroxylation is 2. The Balaban J connectivity index is 2.02. The Morgan fingerprint density at radius 3 is 2.52 bits per heavy atom. The number of hydrogen-bond donors (Lipinski definition) is 0. The van der Waals surface area contributed by atoms with Crippen LogP contribution in [-0.2, 0) is 19.4 Å². The summed E-state index contributed by atoms with van der Waals surface area (Å²) in [5.74, 6) is 0.283. The van der Waals surface area contributed by atoms with Gasteiger partial charge < -0.3 is 14.1 Å². The Bertz CT molecular complexity index is 749. The number of hydrogen-bond acceptors (Lipinski definition) is 6. The number of amides is 1. The zero-order valence-electron chi connectivity index (χ0n) is 15.1. The largest absolute Gasteiger partial charge is 0.466 e. The van der Waals surface area contributed by atoms with Gasteiger partial charge >= 0.3 is 5.97 Å². The van der Waals surface area contributed by atoms with Crippen molar-refractivity contribution in [3.05, 3.63) is 23.2 Å². The quantitative estimate of drug-likeness (QED) is 0.707. The number of nitrogens with zero attached hydrogens (tertiary/aromatic N) is 1. The first-order valence-electron chi connectivity index (χ1n) is 8.33. The van der Waals surface area contributed by atoms with E-state index in [-0.39, 0.29) is 29.4 Å². The van der Waals surface area contributed by atoms with Crippen LogP contribution in [0.25, 0.3) is 0 Å². The summed E-state index contributed by atoms with van der Waals surface area (Å²) >= 11 is 0. The Morgan fingerprint density at radius 2 is 2.04 bits per heavy atom. The van der Waals surface area contributed by atoms with E-state index in [0.29, 0.717) is 30.0 Å². The van der Waals surface area contributed by atoms with Crippen LogP contribution in [0, 0.1) is 19.8 Å². The van der Waals surface area contributed by atoms with Crippen LogP contribution in [0.1, 0.15) is 42.1 Å². The first-order chi connectivity index (χ1) is 11.6. The van der Waals surface area contributed by atoms with Crippen molar-refractivity contribution in [2.24, 2.45) is 5.92 Å². The second kappa shape index (κ2) is 7.59. The standard InChI is InChI=1S/C17H25NO6S/c1-11(2)8-18(14-5-6-25(21,22)10-14)16(19)9-23-17(20)15-7-12(3)24-13(15)4/h7,11,14H,5-6,8-10H2,1-4H3/t14-/m0/s1. The minimum absolute atomic E-state index is 0.0283. The van der Waals surface area contributed by atoms with E-state index in [0.717, 1.165) is 0 Å². The zero-order valence-corrected chi connectivity index (χ0v) is 15.9. The third-order valence-corrected chi connectivity index (χ3v) is 5.87. The van der Waals surface area contributed by atoms with Crippen molar-refractivity contribution in [2.45, 2.75) is 40.2 Å². The molecule has 1 aliphatic rings. The van der Waals surface area contributed by atoms with Gasteiger partial charge in [0, 0.05) is 12.6 Å². The van der Waals surface area contributed by atoms with E-state index in [1.54, 1.807) is 19.9 Å². The van der Waals surface area contributed by atoms with Crippen molar-refractivity contribution in [3.63, 3.8) is 0 Å². The molecule has 7 nitrogen and oxygen atoms in total. The Morgan fingerprint density at radius 1 is 1.36 bits per heavy atom. The molecule has 1 fully saturated rings. The number of furan rings is 1. The predicted molar refractivity (Wildman–Crippen MR) is 92.1 cm³/mol. The van der Waals surface area contributed by atoms with Crippen molar-refractivity contribution < 1.29 is 27.2 Å². The number of rotatable bonds is 6. The summed E-state index contributed by atoms with van der Waals surface area (Å²) in [6.07, 6.45) is 0.425. The molecule has 0 bridgehead atoms. The van der Waals surface area contributed by atoms with Crippen LogP contribution < -0.4 is 0 Å². The van der Waals surface area contributed by atoms with E-state index in [1.165, 1.54) is 4.90 Å². The fraction of sp³-hybridized carbons (Fsp3) is 0.647. The first kappa shape index (κ1) is 19.5. The predicted octanol–water partition coefficient (Wildman–Crippen LogP) is 1.72. The van der Waals surface area contributed by atoms with Crippen LogP contribution in [0.5, 0.6) is 0 Å². The lowest BCUT2D eigenvalue weighted by atomic mass is 10.1. The molecule has 25 heavy (non-hydrogen) atoms. The highest BCUT2D eigenvalue weighted by Crippen LogP contribution is 2.20. The Kier molecular flexibility index (Phi) is 5.92. The topological polar surface area (TPSA) is 93.9 Å². The van der Waals surface area contributed by atoms with E-state index in [9.17, 15) is 18.0 Å². The van der Waals surface area contributed by atoms with Crippen molar-refractivity contribution in [1.29, 1.82) is 0 Å². The van der Waals surface area contributed by atoms with Gasteiger partial charge in [0.25, 0.3) is 5.91 Å². The molecule has 0 aromatic carbocycles. The maximum absolute atomic E-state index is 12.5. The monoisotopic (exact) mass is 371 g/mol. The van der Waals surface area contributed by atoms with Gasteiger partial charge in [-0.3, -0.25) is 4.79 Å². The van der Waals surface area contributed by atoms with Crippen LogP contribution in [0.2, 0.25) is 0 Å². The van der Waals surface area contributed by atoms with Crippen LogP contribution in [-0.4, -0.2) is 55.9 Å². The van der Waals surface area contributed by atoms with Gasteiger partial charge in [0.15, 0.2) is 16.4 Å². The molecule has 0 saturated carbocycles. The lowest BCUT2D eigenvalue weighted by molar-refractivity contribution is -0.137. The molecule has 0 radical (unpaired) electrons. The summed E-state index contributed by atoms with van der Waals surface area (Å²) in [5.41, 5.74) is 0.296. The first-order valence-corrected chi connectivity index (χ1v) is 10.1. The summed E-state index contributed by atoms with van der Waals surface area (Å²) < 4.78 is 33.8. The highest BCUT2D eigenvalue weighted by Gasteiger charge is 2.35. The molecule has 1 amide bonds. The molecule has 140 valence electrons. The van der Waals surface area contributed by atoms with Gasteiger partial charge in [-0.05, 0) is 32.3 Å². The number of sulfone groups is 1. The van der Waals surface area contributed by atoms with Crippen molar-refractivity contribution >= 4 is 21.7 Å². The van der Waals surface area contributed by atoms with Crippen LogP contribution in [0.4, 0.5) is 0 Å². The Labute approximate surface area is 148 Å². The SMILES string of the molecule is Cc1cc(C(=O)OCC(=O)N(CC(C)C)[C@H]2CCS(=O)(=O)C2)c(C)o1. The van der Waals surface area contributed by atoms with Gasteiger partial charge in [-0.15, -0.1) is 0 Å². The fourth-order valence-corrected chi connectivity index (χ4v) is 4.72. The molecule has 0 unspecified atom stereocenters. The minimum atomic E-state index is -3.10. The van der Waals surface area contributed by atoms with Gasteiger partial charge in [-0.25, -0.2) is 13.2 Å². The zero-order chi connectivity index (χ0) is 18.8. The van der Waals surface area contributed by atoms with Crippen molar-refractivity contribution in [1.82, 2.24) is 4.90 Å². The van der Waals surface area contributed by atoms with Crippen LogP contribution in [0.3, 0.4) is 0 Å². The average molecular weight is 371 g/mol. The smallest absolute Gasteiger partial charge is 0.342 e. The maximum Gasteiger partial charge on any atom is 0.342 e. The van der Waals surface area contributed by atoms with E-state index >= 15 is 0 Å². The summed E-state index contributed by atoms with van der Waals surface area (Å²) in [5, 5.41) is 0. The van der Waals surface area contributed by atoms with Crippen molar-refractivity contribution in [3.8, 4) is 0 Å². The van der Waals surface area contributed by atoms with Gasteiger partial charge in [-0.1, -0.05) is 13.8 Å². The second-order valence-electron chi connectivity index (χ2n) is 6.90. The molecule has 1 aromatic heterocycles. The molecule has 0 aliphatic carbocycles. The van der Waals surface area contributed by atoms with E-state index in [4.69, 9.17) is 9.15 Å². The molecule has 0 N–H and O–H groups in total. The molecule has 2 rings (SSSR count). The van der Waals surface area contributed by atoms with E-state index in [2.05, 4.69) is 0 Å². The molecule has 0 spiro atoms. The molecule has 1 atom stereocenters. The molecular formula is C17H25NO6S. The molecule has 1 saturated heterocycles. The van der Waals surface area contributed by atoms with Gasteiger partial charge in [0.05, 0.1) is 11.5 Å². The third kappa shape index (κ3) is 5.07. The lowest BCUT2D eigenvalue weighted by Gasteiger charge is -2.29. The number of ether oxygens (including phenoxy) is 1. The number of carbonyl (C=O) groups excluding carboxylic acids is 2. The van der Waals surface area contributed by atoms with Crippen LogP contribution in [0.15, 0.2) is 10.5 Å². The summed E-state index contributed by atoms with van der Waals surface area (Å²) in [7, 11) is -3.10. The van der Waals surface area contributed by atoms with Gasteiger partial charge in [-0.2, -0.15) is 0 Å². The Hall–Kier alpha value is -1.83. The summed E-state index contributed by atoms with van der Waals surface area (Å²) in [4.78, 5) is 26.2. The molecular weight excluding hydrogens is 346 g/mol. The molecule has 8 heteroatoms. The fourth-order valence-electron chi connectivity index (χ4n) is 2.99. The molecule has 1 aromatic rings. The van der Waals surface area contributed by atoms with Crippen LogP contribution >= 0.6 is 0 Å². The molecule has 1 aliphatic heterocycles. The molecule has 2 heterocycles. The van der Waals surface area contributed by atoms with E-state index in [1.807, 2.05) is 13.8 Å². The highest BCUT2D eigenvalue weighted by atomic mass is 32.2. The minimum Gasteiger partial charge on any atom is -0.466 e. The second-order valence-corrected chi connectivity index (χ2v) is 9.13. The maximum atomic E-state index is 12.5. The van der Waals surface area contributed by atoms with Crippen molar-refractivity contribution in [2.75, 3.05) is 24.7 Å². The highest BCUT2D eigenvalue weighted by molar-refractivity contribution is 7.91. The van der Waals surface area contributed by atoms with E-state index < -0.39 is 22.4 Å². The number of carbonyl (C=O) groups is 2. The summed E-state index contributed by atoms with van der Waals surface area (Å²) in [6, 6.07) is 1.22. The third-order valence-electron chi connectivity index (χ3n) is 4.12. The van der Waals surface area contributed by atoms with Gasteiger partial charge in [0.1, 0.15) is 17.1 Å². The van der Waals surface area contributed by atoms with Gasteiger partial charge in [0.2, 0.25) is 0 Å².